The highest BCUT2D eigenvalue weighted by molar-refractivity contribution is 6.30. The number of methoxy groups -OCH3 is 1. The topological polar surface area (TPSA) is 108 Å². The fraction of sp³-hybridized carbons (Fsp3) is 0.480. The highest BCUT2D eigenvalue weighted by Gasteiger charge is 2.29. The second kappa shape index (κ2) is 11.3. The van der Waals surface area contributed by atoms with Crippen LogP contribution in [-0.4, -0.2) is 87.6 Å². The van der Waals surface area contributed by atoms with E-state index in [9.17, 15) is 4.79 Å². The predicted octanol–water partition coefficient (Wildman–Crippen LogP) is 3.33. The number of fused-ring (bicyclic) bond motifs is 1. The summed E-state index contributed by atoms with van der Waals surface area (Å²) in [5.41, 5.74) is 2.17. The molecule has 0 radical (unpaired) electrons. The second-order valence-corrected chi connectivity index (χ2v) is 9.76. The van der Waals surface area contributed by atoms with Gasteiger partial charge in [0.15, 0.2) is 5.82 Å². The van der Waals surface area contributed by atoms with Gasteiger partial charge in [0, 0.05) is 49.0 Å². The first-order valence-electron chi connectivity index (χ1n) is 12.4. The summed E-state index contributed by atoms with van der Waals surface area (Å²) in [5, 5.41) is 7.45. The van der Waals surface area contributed by atoms with Gasteiger partial charge in [-0.05, 0) is 43.9 Å². The number of anilines is 3. The van der Waals surface area contributed by atoms with Crippen molar-refractivity contribution in [3.05, 3.63) is 41.8 Å². The van der Waals surface area contributed by atoms with Crippen LogP contribution in [0.25, 0.3) is 11.0 Å². The molecule has 5 rings (SSSR count). The average Bonchev–Trinajstić information content (AvgIpc) is 2.90. The number of nitrogens with one attached hydrogen (secondary N) is 2. The standard InChI is InChI=1S/C25H31ClN8O2/c1-36-22(35)15-33-9-7-20(8-10-33)34-11-5-18(6-12-34)31-25-27-14-21-23(32-25)24(29-16-28-21)30-19-4-2-3-17(26)13-19/h2-4,13-14,16,18,20H,5-12,15H2,1H3,(H,27,31,32)(H,28,29,30). The molecule has 11 heteroatoms. The van der Waals surface area contributed by atoms with Crippen LogP contribution >= 0.6 is 11.6 Å². The molecule has 2 saturated heterocycles. The molecule has 4 heterocycles. The Morgan fingerprint density at radius 1 is 1.11 bits per heavy atom. The molecule has 190 valence electrons. The molecule has 10 nitrogen and oxygen atoms in total. The van der Waals surface area contributed by atoms with Gasteiger partial charge in [-0.2, -0.15) is 0 Å². The monoisotopic (exact) mass is 510 g/mol. The lowest BCUT2D eigenvalue weighted by atomic mass is 9.98. The molecule has 0 bridgehead atoms. The number of nitrogens with zero attached hydrogens (tertiary/aromatic N) is 6. The quantitative estimate of drug-likeness (QED) is 0.459. The number of hydrogen-bond acceptors (Lipinski definition) is 10. The van der Waals surface area contributed by atoms with Crippen LogP contribution in [0.1, 0.15) is 25.7 Å². The summed E-state index contributed by atoms with van der Waals surface area (Å²) >= 11 is 6.12. The number of ether oxygens (including phenoxy) is 1. The van der Waals surface area contributed by atoms with Crippen LogP contribution in [0.4, 0.5) is 17.5 Å². The Bertz CT molecular complexity index is 1200. The molecule has 0 atom stereocenters. The molecular formula is C25H31ClN8O2. The third-order valence-corrected chi connectivity index (χ3v) is 7.22. The Labute approximate surface area is 215 Å². The van der Waals surface area contributed by atoms with Gasteiger partial charge < -0.3 is 20.3 Å². The molecule has 0 aliphatic carbocycles. The molecule has 2 N–H and O–H groups in total. The van der Waals surface area contributed by atoms with Gasteiger partial charge in [-0.15, -0.1) is 0 Å². The van der Waals surface area contributed by atoms with Crippen LogP contribution < -0.4 is 10.6 Å². The van der Waals surface area contributed by atoms with E-state index in [4.69, 9.17) is 21.3 Å². The van der Waals surface area contributed by atoms with Crippen LogP contribution in [0.3, 0.4) is 0 Å². The second-order valence-electron chi connectivity index (χ2n) is 9.32. The maximum atomic E-state index is 11.5. The van der Waals surface area contributed by atoms with Gasteiger partial charge in [0.1, 0.15) is 17.4 Å². The highest BCUT2D eigenvalue weighted by atomic mass is 35.5. The number of piperidine rings is 2. The zero-order valence-corrected chi connectivity index (χ0v) is 21.1. The molecular weight excluding hydrogens is 480 g/mol. The van der Waals surface area contributed by atoms with Crippen LogP contribution in [0.5, 0.6) is 0 Å². The van der Waals surface area contributed by atoms with Crippen molar-refractivity contribution in [2.45, 2.75) is 37.8 Å². The van der Waals surface area contributed by atoms with Crippen molar-refractivity contribution in [2.24, 2.45) is 0 Å². The van der Waals surface area contributed by atoms with E-state index in [1.54, 1.807) is 6.20 Å². The molecule has 0 spiro atoms. The molecule has 2 aliphatic rings. The summed E-state index contributed by atoms with van der Waals surface area (Å²) in [6.45, 7) is 4.35. The SMILES string of the molecule is COC(=O)CN1CCC(N2CCC(Nc3ncc4ncnc(Nc5cccc(Cl)c5)c4n3)CC2)CC1. The first-order valence-corrected chi connectivity index (χ1v) is 12.8. The number of esters is 1. The lowest BCUT2D eigenvalue weighted by Gasteiger charge is -2.41. The molecule has 0 unspecified atom stereocenters. The lowest BCUT2D eigenvalue weighted by Crippen LogP contribution is -2.50. The van der Waals surface area contributed by atoms with E-state index in [1.807, 2.05) is 24.3 Å². The first kappa shape index (κ1) is 24.6. The summed E-state index contributed by atoms with van der Waals surface area (Å²) in [4.78, 5) is 34.2. The van der Waals surface area contributed by atoms with Crippen molar-refractivity contribution < 1.29 is 9.53 Å². The van der Waals surface area contributed by atoms with Gasteiger partial charge >= 0.3 is 5.97 Å². The number of carbonyl (C=O) groups excluding carboxylic acids is 1. The summed E-state index contributed by atoms with van der Waals surface area (Å²) < 4.78 is 4.79. The number of likely N-dealkylation sites (tertiary alicyclic amines) is 2. The summed E-state index contributed by atoms with van der Waals surface area (Å²) in [7, 11) is 1.45. The Kier molecular flexibility index (Phi) is 7.74. The molecule has 2 aliphatic heterocycles. The van der Waals surface area contributed by atoms with E-state index in [2.05, 4.69) is 35.4 Å². The third kappa shape index (κ3) is 6.00. The predicted molar refractivity (Wildman–Crippen MR) is 140 cm³/mol. The molecule has 2 fully saturated rings. The Balaban J connectivity index is 1.17. The molecule has 3 aromatic rings. The number of hydrogen-bond donors (Lipinski definition) is 2. The third-order valence-electron chi connectivity index (χ3n) is 6.98. The summed E-state index contributed by atoms with van der Waals surface area (Å²) in [6.07, 6.45) is 7.47. The van der Waals surface area contributed by atoms with E-state index in [0.717, 1.165) is 57.5 Å². The van der Waals surface area contributed by atoms with Crippen LogP contribution in [-0.2, 0) is 9.53 Å². The van der Waals surface area contributed by atoms with E-state index >= 15 is 0 Å². The summed E-state index contributed by atoms with van der Waals surface area (Å²) in [6, 6.07) is 8.37. The van der Waals surface area contributed by atoms with Crippen molar-refractivity contribution in [3.63, 3.8) is 0 Å². The number of carbonyl (C=O) groups is 1. The van der Waals surface area contributed by atoms with E-state index < -0.39 is 0 Å². The van der Waals surface area contributed by atoms with Gasteiger partial charge in [0.2, 0.25) is 5.95 Å². The van der Waals surface area contributed by atoms with Crippen molar-refractivity contribution >= 4 is 46.1 Å². The molecule has 36 heavy (non-hydrogen) atoms. The fourth-order valence-electron chi connectivity index (χ4n) is 5.00. The van der Waals surface area contributed by atoms with Crippen molar-refractivity contribution in [3.8, 4) is 0 Å². The number of halogens is 1. The number of aromatic nitrogens is 4. The van der Waals surface area contributed by atoms with Gasteiger partial charge in [0.25, 0.3) is 0 Å². The molecule has 0 saturated carbocycles. The van der Waals surface area contributed by atoms with Gasteiger partial charge in [0.05, 0.1) is 19.9 Å². The number of benzene rings is 1. The van der Waals surface area contributed by atoms with E-state index in [-0.39, 0.29) is 5.97 Å². The first-order chi connectivity index (χ1) is 17.6. The zero-order valence-electron chi connectivity index (χ0n) is 20.4. The zero-order chi connectivity index (χ0) is 24.9. The van der Waals surface area contributed by atoms with E-state index in [1.165, 1.54) is 13.4 Å². The van der Waals surface area contributed by atoms with E-state index in [0.29, 0.717) is 46.5 Å². The minimum Gasteiger partial charge on any atom is -0.468 e. The molecule has 2 aromatic heterocycles. The van der Waals surface area contributed by atoms with Crippen LogP contribution in [0.2, 0.25) is 5.02 Å². The normalized spacial score (nSPS) is 18.3. The highest BCUT2D eigenvalue weighted by Crippen LogP contribution is 2.25. The smallest absolute Gasteiger partial charge is 0.319 e. The molecule has 0 amide bonds. The Morgan fingerprint density at radius 2 is 1.92 bits per heavy atom. The van der Waals surface area contributed by atoms with Gasteiger partial charge in [-0.25, -0.2) is 19.9 Å². The van der Waals surface area contributed by atoms with Gasteiger partial charge in [-0.1, -0.05) is 17.7 Å². The average molecular weight is 511 g/mol. The fourth-order valence-corrected chi connectivity index (χ4v) is 5.19. The number of rotatable bonds is 7. The molecule has 1 aromatic carbocycles. The largest absolute Gasteiger partial charge is 0.468 e. The minimum absolute atomic E-state index is 0.157. The Morgan fingerprint density at radius 3 is 2.67 bits per heavy atom. The Hall–Kier alpha value is -3.08. The van der Waals surface area contributed by atoms with Crippen molar-refractivity contribution in [2.75, 3.05) is 50.5 Å². The van der Waals surface area contributed by atoms with Crippen LogP contribution in [0.15, 0.2) is 36.8 Å². The van der Waals surface area contributed by atoms with Gasteiger partial charge in [-0.3, -0.25) is 9.69 Å². The van der Waals surface area contributed by atoms with Crippen LogP contribution in [0, 0.1) is 0 Å². The minimum atomic E-state index is -0.157. The maximum Gasteiger partial charge on any atom is 0.319 e. The maximum absolute atomic E-state index is 11.5. The lowest BCUT2D eigenvalue weighted by molar-refractivity contribution is -0.142. The summed E-state index contributed by atoms with van der Waals surface area (Å²) in [5.74, 6) is 1.04. The van der Waals surface area contributed by atoms with Crippen molar-refractivity contribution in [1.29, 1.82) is 0 Å². The van der Waals surface area contributed by atoms with Crippen molar-refractivity contribution in [1.82, 2.24) is 29.7 Å².